The lowest BCUT2D eigenvalue weighted by atomic mass is 9.93. The molecule has 5 heterocycles. The fraction of sp³-hybridized carbons (Fsp3) is 0.680. The molecule has 0 bridgehead atoms. The van der Waals surface area contributed by atoms with Crippen LogP contribution in [0.2, 0.25) is 0 Å². The lowest BCUT2D eigenvalue weighted by molar-refractivity contribution is -0.133. The van der Waals surface area contributed by atoms with Crippen LogP contribution in [0, 0.1) is 0 Å². The molecule has 0 spiro atoms. The highest BCUT2D eigenvalue weighted by atomic mass is 16.5. The number of rotatable bonds is 5. The van der Waals surface area contributed by atoms with E-state index in [1.54, 1.807) is 9.47 Å². The van der Waals surface area contributed by atoms with E-state index >= 15 is 0 Å². The standard InChI is InChI=1S/C25H36N6O4/c1-5-27-8-10-28(11-9-27)21(32)16-30-20-13-19(25(2,3)4)26-31(20)23(33)18-15-29(24(34)22(18)30)14-17-7-6-12-35-17/h13,17H,5-12,14-16H2,1-4H3. The van der Waals surface area contributed by atoms with Gasteiger partial charge in [0.25, 0.3) is 11.5 Å². The molecule has 5 rings (SSSR count). The molecule has 3 aliphatic rings. The molecule has 35 heavy (non-hydrogen) atoms. The van der Waals surface area contributed by atoms with Crippen LogP contribution in [0.25, 0.3) is 5.65 Å². The number of hydrogen-bond donors (Lipinski definition) is 0. The molecule has 2 saturated heterocycles. The fourth-order valence-corrected chi connectivity index (χ4v) is 5.28. The zero-order chi connectivity index (χ0) is 24.9. The van der Waals surface area contributed by atoms with Gasteiger partial charge >= 0.3 is 0 Å². The van der Waals surface area contributed by atoms with Crippen LogP contribution < -0.4 is 5.56 Å². The van der Waals surface area contributed by atoms with Gasteiger partial charge in [-0.05, 0) is 19.4 Å². The summed E-state index contributed by atoms with van der Waals surface area (Å²) in [6.07, 6.45) is 1.88. The van der Waals surface area contributed by atoms with Gasteiger partial charge in [0.05, 0.1) is 23.9 Å². The number of piperazine rings is 1. The van der Waals surface area contributed by atoms with E-state index in [2.05, 4.69) is 16.9 Å². The second kappa shape index (κ2) is 9.05. The average molecular weight is 485 g/mol. The third kappa shape index (κ3) is 4.38. The van der Waals surface area contributed by atoms with Gasteiger partial charge in [-0.15, -0.1) is 0 Å². The Hall–Kier alpha value is -2.72. The summed E-state index contributed by atoms with van der Waals surface area (Å²) in [6.45, 7) is 13.6. The summed E-state index contributed by atoms with van der Waals surface area (Å²) < 4.78 is 8.85. The average Bonchev–Trinajstić information content (AvgIpc) is 3.57. The van der Waals surface area contributed by atoms with Crippen LogP contribution in [0.5, 0.6) is 0 Å². The van der Waals surface area contributed by atoms with E-state index in [9.17, 15) is 14.4 Å². The Morgan fingerprint density at radius 3 is 2.54 bits per heavy atom. The first-order chi connectivity index (χ1) is 16.7. The molecular formula is C25H36N6O4. The van der Waals surface area contributed by atoms with E-state index in [4.69, 9.17) is 4.74 Å². The van der Waals surface area contributed by atoms with E-state index in [1.807, 2.05) is 31.7 Å². The Bertz CT molecular complexity index is 1200. The van der Waals surface area contributed by atoms with E-state index < -0.39 is 0 Å². The molecule has 10 heteroatoms. The molecule has 10 nitrogen and oxygen atoms in total. The molecule has 1 atom stereocenters. The number of nitrogens with zero attached hydrogens (tertiary/aromatic N) is 6. The number of fused-ring (bicyclic) bond motifs is 2. The molecular weight excluding hydrogens is 448 g/mol. The minimum atomic E-state index is -0.283. The van der Waals surface area contributed by atoms with Gasteiger partial charge in [0.2, 0.25) is 5.91 Å². The van der Waals surface area contributed by atoms with Gasteiger partial charge in [-0.3, -0.25) is 14.4 Å². The van der Waals surface area contributed by atoms with E-state index in [0.717, 1.165) is 38.2 Å². The van der Waals surface area contributed by atoms with Crippen LogP contribution in [0.15, 0.2) is 10.9 Å². The zero-order valence-electron chi connectivity index (χ0n) is 21.2. The van der Waals surface area contributed by atoms with E-state index in [0.29, 0.717) is 43.1 Å². The molecule has 0 aliphatic carbocycles. The monoisotopic (exact) mass is 484 g/mol. The lowest BCUT2D eigenvalue weighted by Crippen LogP contribution is -2.49. The summed E-state index contributed by atoms with van der Waals surface area (Å²) in [7, 11) is 0. The van der Waals surface area contributed by atoms with Crippen LogP contribution in [-0.2, 0) is 28.0 Å². The summed E-state index contributed by atoms with van der Waals surface area (Å²) in [5.41, 5.74) is 1.41. The molecule has 2 amide bonds. The van der Waals surface area contributed by atoms with Crippen LogP contribution in [0.1, 0.15) is 62.3 Å². The highest BCUT2D eigenvalue weighted by molar-refractivity contribution is 5.97. The number of carbonyl (C=O) groups is 2. The molecule has 1 unspecified atom stereocenters. The van der Waals surface area contributed by atoms with E-state index in [1.165, 1.54) is 4.52 Å². The van der Waals surface area contributed by atoms with Gasteiger partial charge in [-0.2, -0.15) is 9.61 Å². The molecule has 0 radical (unpaired) electrons. The van der Waals surface area contributed by atoms with Crippen molar-refractivity contribution in [2.24, 2.45) is 0 Å². The predicted molar refractivity (Wildman–Crippen MR) is 131 cm³/mol. The van der Waals surface area contributed by atoms with Gasteiger partial charge in [-0.1, -0.05) is 27.7 Å². The smallest absolute Gasteiger partial charge is 0.280 e. The summed E-state index contributed by atoms with van der Waals surface area (Å²) in [6, 6.07) is 1.85. The molecule has 0 aromatic carbocycles. The van der Waals surface area contributed by atoms with Crippen LogP contribution >= 0.6 is 0 Å². The number of amides is 2. The van der Waals surface area contributed by atoms with Gasteiger partial charge in [-0.25, -0.2) is 0 Å². The number of likely N-dealkylation sites (N-methyl/N-ethyl adjacent to an activating group) is 1. The first-order valence-corrected chi connectivity index (χ1v) is 12.7. The summed E-state index contributed by atoms with van der Waals surface area (Å²) in [4.78, 5) is 46.3. The molecule has 2 aromatic rings. The molecule has 3 aliphatic heterocycles. The Morgan fingerprint density at radius 1 is 1.17 bits per heavy atom. The van der Waals surface area contributed by atoms with Crippen LogP contribution in [0.3, 0.4) is 0 Å². The SMILES string of the molecule is CCN1CCN(C(=O)Cn2c3c(c(=O)n4nc(C(C)(C)C)cc24)CN(CC2CCCO2)C3=O)CC1. The minimum Gasteiger partial charge on any atom is -0.376 e. The normalized spacial score (nSPS) is 21.4. The largest absolute Gasteiger partial charge is 0.376 e. The van der Waals surface area contributed by atoms with Crippen molar-refractivity contribution >= 4 is 17.5 Å². The Labute approximate surface area is 205 Å². The van der Waals surface area contributed by atoms with Crippen molar-refractivity contribution < 1.29 is 14.3 Å². The molecule has 190 valence electrons. The van der Waals surface area contributed by atoms with Crippen molar-refractivity contribution in [1.82, 2.24) is 28.9 Å². The lowest BCUT2D eigenvalue weighted by Gasteiger charge is -2.34. The minimum absolute atomic E-state index is 0.00697. The van der Waals surface area contributed by atoms with Crippen LogP contribution in [0.4, 0.5) is 0 Å². The van der Waals surface area contributed by atoms with Crippen molar-refractivity contribution in [3.05, 3.63) is 33.4 Å². The second-order valence-corrected chi connectivity index (χ2v) is 10.9. The first kappa shape index (κ1) is 24.0. The van der Waals surface area contributed by atoms with Crippen molar-refractivity contribution in [2.75, 3.05) is 45.9 Å². The highest BCUT2D eigenvalue weighted by Crippen LogP contribution is 2.27. The maximum atomic E-state index is 13.6. The molecule has 0 N–H and O–H groups in total. The number of hydrogen-bond acceptors (Lipinski definition) is 6. The summed E-state index contributed by atoms with van der Waals surface area (Å²) >= 11 is 0. The quantitative estimate of drug-likeness (QED) is 0.631. The van der Waals surface area contributed by atoms with Gasteiger partial charge in [0, 0.05) is 50.8 Å². The van der Waals surface area contributed by atoms with Crippen molar-refractivity contribution in [3.63, 3.8) is 0 Å². The summed E-state index contributed by atoms with van der Waals surface area (Å²) in [5, 5.41) is 4.61. The second-order valence-electron chi connectivity index (χ2n) is 10.9. The van der Waals surface area contributed by atoms with Gasteiger partial charge in [0.15, 0.2) is 0 Å². The fourth-order valence-electron chi connectivity index (χ4n) is 5.28. The Balaban J connectivity index is 1.53. The maximum absolute atomic E-state index is 13.6. The Kier molecular flexibility index (Phi) is 6.21. The van der Waals surface area contributed by atoms with Gasteiger partial charge in [0.1, 0.15) is 17.9 Å². The first-order valence-electron chi connectivity index (χ1n) is 12.7. The number of carbonyl (C=O) groups excluding carboxylic acids is 2. The van der Waals surface area contributed by atoms with Crippen molar-refractivity contribution in [1.29, 1.82) is 0 Å². The number of aromatic nitrogens is 3. The maximum Gasteiger partial charge on any atom is 0.280 e. The zero-order valence-corrected chi connectivity index (χ0v) is 21.2. The molecule has 2 aromatic heterocycles. The predicted octanol–water partition coefficient (Wildman–Crippen LogP) is 1.09. The highest BCUT2D eigenvalue weighted by Gasteiger charge is 2.37. The van der Waals surface area contributed by atoms with Gasteiger partial charge < -0.3 is 24.0 Å². The van der Waals surface area contributed by atoms with Crippen molar-refractivity contribution in [3.8, 4) is 0 Å². The van der Waals surface area contributed by atoms with Crippen LogP contribution in [-0.4, -0.2) is 92.7 Å². The van der Waals surface area contributed by atoms with Crippen molar-refractivity contribution in [2.45, 2.75) is 65.1 Å². The summed E-state index contributed by atoms with van der Waals surface area (Å²) in [5.74, 6) is -0.255. The van der Waals surface area contributed by atoms with E-state index in [-0.39, 0.29) is 42.0 Å². The topological polar surface area (TPSA) is 92.4 Å². The third-order valence-electron chi connectivity index (χ3n) is 7.49. The molecule has 0 saturated carbocycles. The Morgan fingerprint density at radius 2 is 1.91 bits per heavy atom. The molecule has 2 fully saturated rings. The number of ether oxygens (including phenoxy) is 1. The third-order valence-corrected chi connectivity index (χ3v) is 7.49.